The van der Waals surface area contributed by atoms with E-state index in [9.17, 15) is 10.2 Å². The molecule has 4 nitrogen and oxygen atoms in total. The van der Waals surface area contributed by atoms with Crippen LogP contribution in [0.1, 0.15) is 39.7 Å². The molecule has 146 valence electrons. The maximum atomic E-state index is 9.65. The lowest BCUT2D eigenvalue weighted by atomic mass is 9.78. The first-order valence-electron chi connectivity index (χ1n) is 9.40. The molecule has 2 rings (SSSR count). The van der Waals surface area contributed by atoms with Crippen molar-refractivity contribution in [2.45, 2.75) is 51.7 Å². The molecule has 0 bridgehead atoms. The largest absolute Gasteiger partial charge is 0.491 e. The van der Waals surface area contributed by atoms with Gasteiger partial charge in [-0.15, -0.1) is 5.73 Å². The Balaban J connectivity index is 2.07. The summed E-state index contributed by atoms with van der Waals surface area (Å²) < 4.78 is 11.2. The lowest BCUT2D eigenvalue weighted by Crippen LogP contribution is -2.19. The quantitative estimate of drug-likeness (QED) is 0.644. The van der Waals surface area contributed by atoms with E-state index in [4.69, 9.17) is 9.47 Å². The molecule has 2 atom stereocenters. The molecule has 2 unspecified atom stereocenters. The fourth-order valence-corrected chi connectivity index (χ4v) is 2.62. The minimum absolute atomic E-state index is 0.248. The summed E-state index contributed by atoms with van der Waals surface area (Å²) in [5, 5.41) is 19.0. The van der Waals surface area contributed by atoms with Crippen LogP contribution >= 0.6 is 0 Å². The third-order valence-corrected chi connectivity index (χ3v) is 4.55. The van der Waals surface area contributed by atoms with Gasteiger partial charge in [0.05, 0.1) is 12.2 Å². The van der Waals surface area contributed by atoms with E-state index in [1.807, 2.05) is 55.5 Å². The van der Waals surface area contributed by atoms with E-state index >= 15 is 0 Å². The highest BCUT2D eigenvalue weighted by Gasteiger charge is 2.24. The Morgan fingerprint density at radius 2 is 1.74 bits per heavy atom. The second-order valence-corrected chi connectivity index (χ2v) is 7.31. The molecule has 1 aromatic rings. The summed E-state index contributed by atoms with van der Waals surface area (Å²) in [6, 6.07) is 7.91. The topological polar surface area (TPSA) is 58.9 Å². The van der Waals surface area contributed by atoms with Crippen LogP contribution in [0.3, 0.4) is 0 Å². The van der Waals surface area contributed by atoms with Crippen LogP contribution in [0, 0.1) is 0 Å². The van der Waals surface area contributed by atoms with Crippen molar-refractivity contribution in [2.24, 2.45) is 0 Å². The number of allylic oxidation sites excluding steroid dienone is 4. The molecule has 1 aliphatic carbocycles. The normalized spacial score (nSPS) is 16.2. The first kappa shape index (κ1) is 21.0. The Morgan fingerprint density at radius 3 is 2.37 bits per heavy atom. The van der Waals surface area contributed by atoms with E-state index in [-0.39, 0.29) is 18.6 Å². The van der Waals surface area contributed by atoms with E-state index in [1.54, 1.807) is 6.92 Å². The molecule has 27 heavy (non-hydrogen) atoms. The van der Waals surface area contributed by atoms with Gasteiger partial charge in [-0.1, -0.05) is 32.9 Å². The van der Waals surface area contributed by atoms with Crippen molar-refractivity contribution in [3.8, 4) is 5.75 Å². The first-order valence-corrected chi connectivity index (χ1v) is 9.40. The summed E-state index contributed by atoms with van der Waals surface area (Å²) in [7, 11) is 0. The van der Waals surface area contributed by atoms with E-state index in [2.05, 4.69) is 19.6 Å². The molecule has 0 heterocycles. The zero-order chi connectivity index (χ0) is 19.9. The molecule has 0 aliphatic heterocycles. The van der Waals surface area contributed by atoms with Crippen molar-refractivity contribution >= 4 is 0 Å². The summed E-state index contributed by atoms with van der Waals surface area (Å²) >= 11 is 0. The number of rotatable bonds is 9. The highest BCUT2D eigenvalue weighted by molar-refractivity contribution is 5.44. The standard InChI is InChI=1S/C23H30O4/c1-5-20(25)16-27-21-8-6-7-18(9-12-21)23(3,4)19-10-13-22(14-11-19)26-15-17(2)24/h6,8-14,17,20,24-25H,5,15-16H2,1-4H3. The van der Waals surface area contributed by atoms with Gasteiger partial charge in [-0.05, 0) is 55.3 Å². The highest BCUT2D eigenvalue weighted by atomic mass is 16.5. The molecule has 0 amide bonds. The zero-order valence-corrected chi connectivity index (χ0v) is 16.6. The molecule has 4 heteroatoms. The monoisotopic (exact) mass is 370 g/mol. The van der Waals surface area contributed by atoms with Crippen LogP contribution in [-0.4, -0.2) is 35.6 Å². The lowest BCUT2D eigenvalue weighted by molar-refractivity contribution is 0.0732. The minimum atomic E-state index is -0.491. The summed E-state index contributed by atoms with van der Waals surface area (Å²) in [5.74, 6) is 1.45. The molecule has 0 spiro atoms. The van der Waals surface area contributed by atoms with Crippen molar-refractivity contribution in [2.75, 3.05) is 13.2 Å². The van der Waals surface area contributed by atoms with Crippen LogP contribution < -0.4 is 4.74 Å². The minimum Gasteiger partial charge on any atom is -0.491 e. The fraction of sp³-hybridized carbons (Fsp3) is 0.435. The van der Waals surface area contributed by atoms with Gasteiger partial charge in [-0.25, -0.2) is 0 Å². The molecule has 0 saturated carbocycles. The van der Waals surface area contributed by atoms with Crippen molar-refractivity contribution in [1.82, 2.24) is 0 Å². The van der Waals surface area contributed by atoms with Crippen LogP contribution in [-0.2, 0) is 10.2 Å². The molecule has 2 N–H and O–H groups in total. The van der Waals surface area contributed by atoms with Crippen LogP contribution in [0.4, 0.5) is 0 Å². The van der Waals surface area contributed by atoms with Crippen LogP contribution in [0.15, 0.2) is 65.6 Å². The Kier molecular flexibility index (Phi) is 7.49. The van der Waals surface area contributed by atoms with Gasteiger partial charge in [0.2, 0.25) is 0 Å². The summed E-state index contributed by atoms with van der Waals surface area (Å²) in [6.07, 6.45) is 7.35. The Hall–Kier alpha value is -2.26. The zero-order valence-electron chi connectivity index (χ0n) is 16.6. The van der Waals surface area contributed by atoms with Crippen LogP contribution in [0.5, 0.6) is 5.75 Å². The molecule has 0 saturated heterocycles. The van der Waals surface area contributed by atoms with Crippen molar-refractivity contribution in [1.29, 1.82) is 0 Å². The molecule has 1 aromatic carbocycles. The number of ether oxygens (including phenoxy) is 2. The molecular weight excluding hydrogens is 340 g/mol. The van der Waals surface area contributed by atoms with Crippen molar-refractivity contribution < 1.29 is 19.7 Å². The van der Waals surface area contributed by atoms with Crippen molar-refractivity contribution in [3.63, 3.8) is 0 Å². The predicted molar refractivity (Wildman–Crippen MR) is 108 cm³/mol. The maximum Gasteiger partial charge on any atom is 0.120 e. The second kappa shape index (κ2) is 9.61. The number of hydrogen-bond acceptors (Lipinski definition) is 4. The Bertz CT molecular complexity index is 732. The number of aliphatic hydroxyl groups excluding tert-OH is 2. The van der Waals surface area contributed by atoms with Crippen molar-refractivity contribution in [3.05, 3.63) is 71.2 Å². The highest BCUT2D eigenvalue weighted by Crippen LogP contribution is 2.33. The number of hydrogen-bond donors (Lipinski definition) is 2. The lowest BCUT2D eigenvalue weighted by Gasteiger charge is -2.26. The van der Waals surface area contributed by atoms with Gasteiger partial charge in [0.15, 0.2) is 0 Å². The predicted octanol–water partition coefficient (Wildman–Crippen LogP) is 4.05. The van der Waals surface area contributed by atoms with E-state index in [1.165, 1.54) is 0 Å². The van der Waals surface area contributed by atoms with Gasteiger partial charge >= 0.3 is 0 Å². The third-order valence-electron chi connectivity index (χ3n) is 4.55. The average molecular weight is 370 g/mol. The van der Waals surface area contributed by atoms with E-state index in [0.29, 0.717) is 12.2 Å². The van der Waals surface area contributed by atoms with Gasteiger partial charge in [0.1, 0.15) is 24.7 Å². The second-order valence-electron chi connectivity index (χ2n) is 7.31. The SMILES string of the molecule is CCC(O)COC1=CC=C=C(C(C)(C)c2ccc(OCC(C)O)cc2)C=C1. The summed E-state index contributed by atoms with van der Waals surface area (Å²) in [4.78, 5) is 0. The third kappa shape index (κ3) is 6.14. The molecule has 0 radical (unpaired) electrons. The van der Waals surface area contributed by atoms with Gasteiger partial charge in [-0.2, -0.15) is 0 Å². The Labute approximate surface area is 162 Å². The number of benzene rings is 1. The fourth-order valence-electron chi connectivity index (χ4n) is 2.62. The van der Waals surface area contributed by atoms with Gasteiger partial charge in [0.25, 0.3) is 0 Å². The molecular formula is C23H30O4. The summed E-state index contributed by atoms with van der Waals surface area (Å²) in [5.41, 5.74) is 5.25. The first-order chi connectivity index (χ1) is 12.8. The smallest absolute Gasteiger partial charge is 0.120 e. The van der Waals surface area contributed by atoms with Gasteiger partial charge in [0, 0.05) is 11.0 Å². The summed E-state index contributed by atoms with van der Waals surface area (Å²) in [6.45, 7) is 8.48. The van der Waals surface area contributed by atoms with E-state index in [0.717, 1.165) is 16.9 Å². The average Bonchev–Trinajstić information content (AvgIpc) is 2.91. The van der Waals surface area contributed by atoms with Crippen LogP contribution in [0.25, 0.3) is 0 Å². The number of aliphatic hydroxyl groups is 2. The van der Waals surface area contributed by atoms with Crippen LogP contribution in [0.2, 0.25) is 0 Å². The van der Waals surface area contributed by atoms with Gasteiger partial charge < -0.3 is 19.7 Å². The Morgan fingerprint density at radius 1 is 1.04 bits per heavy atom. The maximum absolute atomic E-state index is 9.65. The van der Waals surface area contributed by atoms with E-state index < -0.39 is 12.2 Å². The molecule has 1 aliphatic rings. The van der Waals surface area contributed by atoms with Gasteiger partial charge in [-0.3, -0.25) is 0 Å². The molecule has 0 aromatic heterocycles. The molecule has 0 fully saturated rings.